The summed E-state index contributed by atoms with van der Waals surface area (Å²) in [6, 6.07) is 3.68. The van der Waals surface area contributed by atoms with E-state index < -0.39 is 5.92 Å². The highest BCUT2D eigenvalue weighted by atomic mass is 16.3. The van der Waals surface area contributed by atoms with Gasteiger partial charge in [0.15, 0.2) is 11.6 Å². The Labute approximate surface area is 118 Å². The van der Waals surface area contributed by atoms with E-state index in [2.05, 4.69) is 5.32 Å². The van der Waals surface area contributed by atoms with Crippen LogP contribution in [0.2, 0.25) is 0 Å². The summed E-state index contributed by atoms with van der Waals surface area (Å²) in [7, 11) is 0. The highest BCUT2D eigenvalue weighted by Crippen LogP contribution is 2.39. The lowest BCUT2D eigenvalue weighted by atomic mass is 9.80. The van der Waals surface area contributed by atoms with Crippen LogP contribution in [0.3, 0.4) is 0 Å². The smallest absolute Gasteiger partial charge is 0.158 e. The minimum absolute atomic E-state index is 0.0553. The first kappa shape index (κ1) is 14.3. The Morgan fingerprint density at radius 3 is 1.85 bits per heavy atom. The van der Waals surface area contributed by atoms with E-state index in [0.717, 1.165) is 17.2 Å². The van der Waals surface area contributed by atoms with Gasteiger partial charge in [-0.25, -0.2) is 0 Å². The van der Waals surface area contributed by atoms with Gasteiger partial charge in [0, 0.05) is 22.5 Å². The third-order valence-corrected chi connectivity index (χ3v) is 3.56. The van der Waals surface area contributed by atoms with Gasteiger partial charge in [0.05, 0.1) is 5.92 Å². The maximum atomic E-state index is 12.0. The molecule has 0 spiro atoms. The van der Waals surface area contributed by atoms with Crippen LogP contribution in [0, 0.1) is 6.92 Å². The fourth-order valence-electron chi connectivity index (χ4n) is 2.82. The largest absolute Gasteiger partial charge is 0.465 e. The molecule has 0 atom stereocenters. The lowest BCUT2D eigenvalue weighted by Gasteiger charge is -2.28. The summed E-state index contributed by atoms with van der Waals surface area (Å²) < 4.78 is 5.68. The van der Waals surface area contributed by atoms with E-state index >= 15 is 0 Å². The number of aryl methyl sites for hydroxylation is 1. The number of dihydropyridines is 1. The van der Waals surface area contributed by atoms with Gasteiger partial charge in [-0.15, -0.1) is 0 Å². The number of furan rings is 1. The van der Waals surface area contributed by atoms with Crippen LogP contribution in [-0.4, -0.2) is 11.6 Å². The standard InChI is InChI=1S/C16H19NO3/c1-8-6-7-13(20-8)16-14(11(4)18)9(2)17-10(3)15(16)12(5)19/h6-7,16-17H,1-5H3. The van der Waals surface area contributed by atoms with E-state index in [1.54, 1.807) is 0 Å². The van der Waals surface area contributed by atoms with Gasteiger partial charge in [-0.2, -0.15) is 0 Å². The number of carbonyl (C=O) groups is 2. The van der Waals surface area contributed by atoms with E-state index in [-0.39, 0.29) is 11.6 Å². The average Bonchev–Trinajstić information content (AvgIpc) is 2.73. The minimum atomic E-state index is -0.417. The summed E-state index contributed by atoms with van der Waals surface area (Å²) in [4.78, 5) is 24.0. The molecule has 1 aliphatic rings. The summed E-state index contributed by atoms with van der Waals surface area (Å²) >= 11 is 0. The zero-order valence-corrected chi connectivity index (χ0v) is 12.5. The number of rotatable bonds is 3. The Balaban J connectivity index is 2.67. The van der Waals surface area contributed by atoms with Crippen LogP contribution < -0.4 is 5.32 Å². The third-order valence-electron chi connectivity index (χ3n) is 3.56. The van der Waals surface area contributed by atoms with E-state index in [1.165, 1.54) is 13.8 Å². The molecule has 1 aliphatic heterocycles. The first-order valence-corrected chi connectivity index (χ1v) is 6.59. The summed E-state index contributed by atoms with van der Waals surface area (Å²) in [5.74, 6) is 0.873. The molecule has 0 fully saturated rings. The zero-order chi connectivity index (χ0) is 15.0. The fraction of sp³-hybridized carbons (Fsp3) is 0.375. The van der Waals surface area contributed by atoms with Crippen molar-refractivity contribution in [3.05, 3.63) is 46.2 Å². The van der Waals surface area contributed by atoms with Crippen molar-refractivity contribution in [2.45, 2.75) is 40.5 Å². The third kappa shape index (κ3) is 2.33. The van der Waals surface area contributed by atoms with Crippen LogP contribution in [0.15, 0.2) is 39.1 Å². The zero-order valence-electron chi connectivity index (χ0n) is 12.5. The molecule has 1 N–H and O–H groups in total. The van der Waals surface area contributed by atoms with E-state index in [9.17, 15) is 9.59 Å². The molecule has 2 rings (SSSR count). The second-order valence-corrected chi connectivity index (χ2v) is 5.20. The molecule has 0 aromatic carbocycles. The van der Waals surface area contributed by atoms with Crippen LogP contribution in [0.4, 0.5) is 0 Å². The lowest BCUT2D eigenvalue weighted by Crippen LogP contribution is -2.29. The molecule has 1 aromatic rings. The molecule has 0 unspecified atom stereocenters. The van der Waals surface area contributed by atoms with Crippen molar-refractivity contribution in [2.24, 2.45) is 0 Å². The van der Waals surface area contributed by atoms with Crippen LogP contribution in [0.1, 0.15) is 45.1 Å². The number of allylic oxidation sites excluding steroid dienone is 4. The van der Waals surface area contributed by atoms with Gasteiger partial charge >= 0.3 is 0 Å². The molecule has 0 saturated heterocycles. The van der Waals surface area contributed by atoms with E-state index in [0.29, 0.717) is 16.9 Å². The Kier molecular flexibility index (Phi) is 3.66. The molecular weight excluding hydrogens is 254 g/mol. The predicted molar refractivity (Wildman–Crippen MR) is 76.1 cm³/mol. The lowest BCUT2D eigenvalue weighted by molar-refractivity contribution is -0.114. The Hall–Kier alpha value is -2.10. The first-order valence-electron chi connectivity index (χ1n) is 6.59. The summed E-state index contributed by atoms with van der Waals surface area (Å²) in [5.41, 5.74) is 2.74. The molecule has 0 bridgehead atoms. The van der Waals surface area contributed by atoms with Crippen molar-refractivity contribution in [1.82, 2.24) is 5.32 Å². The maximum Gasteiger partial charge on any atom is 0.158 e. The molecule has 0 saturated carbocycles. The number of carbonyl (C=O) groups excluding carboxylic acids is 2. The van der Waals surface area contributed by atoms with Gasteiger partial charge in [-0.3, -0.25) is 9.59 Å². The normalized spacial score (nSPS) is 16.4. The monoisotopic (exact) mass is 273 g/mol. The molecule has 106 valence electrons. The summed E-state index contributed by atoms with van der Waals surface area (Å²) in [6.07, 6.45) is 0. The van der Waals surface area contributed by atoms with Crippen molar-refractivity contribution >= 4 is 11.6 Å². The second-order valence-electron chi connectivity index (χ2n) is 5.20. The fourth-order valence-corrected chi connectivity index (χ4v) is 2.82. The molecule has 2 heterocycles. The van der Waals surface area contributed by atoms with Crippen molar-refractivity contribution in [3.8, 4) is 0 Å². The van der Waals surface area contributed by atoms with Crippen molar-refractivity contribution in [2.75, 3.05) is 0 Å². The predicted octanol–water partition coefficient (Wildman–Crippen LogP) is 3.00. The number of ketones is 2. The summed E-state index contributed by atoms with van der Waals surface area (Å²) in [6.45, 7) is 8.57. The van der Waals surface area contributed by atoms with Crippen LogP contribution in [0.5, 0.6) is 0 Å². The molecule has 0 radical (unpaired) electrons. The average molecular weight is 273 g/mol. The topological polar surface area (TPSA) is 59.3 Å². The van der Waals surface area contributed by atoms with Crippen molar-refractivity contribution in [1.29, 1.82) is 0 Å². The SMILES string of the molecule is CC(=O)C1=C(C)NC(C)=C(C(C)=O)C1c1ccc(C)o1. The van der Waals surface area contributed by atoms with Crippen LogP contribution in [-0.2, 0) is 9.59 Å². The Morgan fingerprint density at radius 1 is 1.00 bits per heavy atom. The molecular formula is C16H19NO3. The molecule has 4 heteroatoms. The Morgan fingerprint density at radius 2 is 1.50 bits per heavy atom. The first-order chi connectivity index (χ1) is 9.32. The van der Waals surface area contributed by atoms with Gasteiger partial charge in [-0.05, 0) is 46.8 Å². The minimum Gasteiger partial charge on any atom is -0.465 e. The van der Waals surface area contributed by atoms with Crippen LogP contribution in [0.25, 0.3) is 0 Å². The molecule has 4 nitrogen and oxygen atoms in total. The van der Waals surface area contributed by atoms with E-state index in [1.807, 2.05) is 32.9 Å². The number of hydrogen-bond donors (Lipinski definition) is 1. The maximum absolute atomic E-state index is 12.0. The Bertz CT molecular complexity index is 610. The van der Waals surface area contributed by atoms with Gasteiger partial charge < -0.3 is 9.73 Å². The second kappa shape index (κ2) is 5.12. The number of hydrogen-bond acceptors (Lipinski definition) is 4. The van der Waals surface area contributed by atoms with Crippen molar-refractivity contribution in [3.63, 3.8) is 0 Å². The molecule has 20 heavy (non-hydrogen) atoms. The highest BCUT2D eigenvalue weighted by molar-refractivity contribution is 6.03. The van der Waals surface area contributed by atoms with Crippen molar-refractivity contribution < 1.29 is 14.0 Å². The van der Waals surface area contributed by atoms with Gasteiger partial charge in [0.1, 0.15) is 11.5 Å². The quantitative estimate of drug-likeness (QED) is 0.919. The molecule has 0 amide bonds. The van der Waals surface area contributed by atoms with Crippen LogP contribution >= 0.6 is 0 Å². The van der Waals surface area contributed by atoms with Gasteiger partial charge in [0.2, 0.25) is 0 Å². The number of nitrogens with one attached hydrogen (secondary N) is 1. The summed E-state index contributed by atoms with van der Waals surface area (Å²) in [5, 5.41) is 3.12. The number of Topliss-reactive ketones (excluding diaryl/α,β-unsaturated/α-hetero) is 2. The highest BCUT2D eigenvalue weighted by Gasteiger charge is 2.35. The molecule has 1 aromatic heterocycles. The van der Waals surface area contributed by atoms with Gasteiger partial charge in [-0.1, -0.05) is 0 Å². The van der Waals surface area contributed by atoms with Gasteiger partial charge in [0.25, 0.3) is 0 Å². The van der Waals surface area contributed by atoms with E-state index in [4.69, 9.17) is 4.42 Å². The molecule has 0 aliphatic carbocycles.